The van der Waals surface area contributed by atoms with Crippen molar-refractivity contribution < 1.29 is 9.47 Å². The maximum Gasteiger partial charge on any atom is 0.127 e. The molecule has 16 heavy (non-hydrogen) atoms. The van der Waals surface area contributed by atoms with Crippen LogP contribution in [0.5, 0.6) is 11.5 Å². The van der Waals surface area contributed by atoms with Crippen molar-refractivity contribution in [2.45, 2.75) is 12.5 Å². The molecule has 0 aliphatic rings. The molecule has 0 saturated heterocycles. The van der Waals surface area contributed by atoms with Gasteiger partial charge in [-0.05, 0) is 12.1 Å². The molecular weight excluding hydrogens is 204 g/mol. The minimum Gasteiger partial charge on any atom is -0.497 e. The first-order chi connectivity index (χ1) is 7.76. The molecule has 4 nitrogen and oxygen atoms in total. The van der Waals surface area contributed by atoms with E-state index < -0.39 is 0 Å². The molecule has 0 saturated carbocycles. The van der Waals surface area contributed by atoms with Crippen LogP contribution in [0.4, 0.5) is 0 Å². The lowest BCUT2D eigenvalue weighted by Gasteiger charge is -2.17. The third kappa shape index (κ3) is 2.66. The van der Waals surface area contributed by atoms with Crippen LogP contribution in [0.1, 0.15) is 18.0 Å². The highest BCUT2D eigenvalue weighted by molar-refractivity contribution is 5.42. The van der Waals surface area contributed by atoms with Crippen molar-refractivity contribution in [3.8, 4) is 23.8 Å². The number of hydrazine groups is 1. The number of rotatable bonds is 5. The first-order valence-corrected chi connectivity index (χ1v) is 4.88. The zero-order chi connectivity index (χ0) is 12.0. The molecule has 1 unspecified atom stereocenters. The fourth-order valence-corrected chi connectivity index (χ4v) is 1.48. The van der Waals surface area contributed by atoms with Crippen molar-refractivity contribution in [3.05, 3.63) is 23.8 Å². The maximum absolute atomic E-state index is 5.45. The molecule has 0 radical (unpaired) electrons. The van der Waals surface area contributed by atoms with Crippen LogP contribution < -0.4 is 20.7 Å². The zero-order valence-corrected chi connectivity index (χ0v) is 9.49. The lowest BCUT2D eigenvalue weighted by molar-refractivity contribution is 0.385. The standard InChI is InChI=1S/C12H16N2O2/c1-4-5-11(14-13)10-7-6-9(15-2)8-12(10)16-3/h1,6-8,11,14H,5,13H2,2-3H3. The Morgan fingerprint density at radius 2 is 2.19 bits per heavy atom. The van der Waals surface area contributed by atoms with Crippen LogP contribution >= 0.6 is 0 Å². The SMILES string of the molecule is C#CCC(NN)c1ccc(OC)cc1OC. The molecular formula is C12H16N2O2. The van der Waals surface area contributed by atoms with Crippen molar-refractivity contribution in [2.75, 3.05) is 14.2 Å². The third-order valence-electron chi connectivity index (χ3n) is 2.34. The Morgan fingerprint density at radius 1 is 1.44 bits per heavy atom. The topological polar surface area (TPSA) is 56.5 Å². The first kappa shape index (κ1) is 12.4. The van der Waals surface area contributed by atoms with Crippen LogP contribution in [0, 0.1) is 12.3 Å². The van der Waals surface area contributed by atoms with Gasteiger partial charge in [-0.25, -0.2) is 0 Å². The highest BCUT2D eigenvalue weighted by Crippen LogP contribution is 2.30. The summed E-state index contributed by atoms with van der Waals surface area (Å²) >= 11 is 0. The van der Waals surface area contributed by atoms with E-state index in [1.54, 1.807) is 20.3 Å². The fourth-order valence-electron chi connectivity index (χ4n) is 1.48. The van der Waals surface area contributed by atoms with Crippen LogP contribution in [0.15, 0.2) is 18.2 Å². The summed E-state index contributed by atoms with van der Waals surface area (Å²) in [5.74, 6) is 9.46. The Bertz CT molecular complexity index is 385. The molecule has 1 aromatic carbocycles. The van der Waals surface area contributed by atoms with Gasteiger partial charge in [-0.1, -0.05) is 0 Å². The van der Waals surface area contributed by atoms with E-state index in [-0.39, 0.29) is 6.04 Å². The van der Waals surface area contributed by atoms with Crippen LogP contribution in [-0.2, 0) is 0 Å². The van der Waals surface area contributed by atoms with Gasteiger partial charge in [0, 0.05) is 18.1 Å². The molecule has 0 heterocycles. The second-order valence-electron chi connectivity index (χ2n) is 3.24. The van der Waals surface area contributed by atoms with Crippen molar-refractivity contribution in [1.82, 2.24) is 5.43 Å². The summed E-state index contributed by atoms with van der Waals surface area (Å²) in [6.07, 6.45) is 5.78. The predicted octanol–water partition coefficient (Wildman–Crippen LogP) is 1.23. The number of ether oxygens (including phenoxy) is 2. The van der Waals surface area contributed by atoms with Gasteiger partial charge in [-0.15, -0.1) is 12.3 Å². The van der Waals surface area contributed by atoms with Crippen molar-refractivity contribution in [1.29, 1.82) is 0 Å². The summed E-state index contributed by atoms with van der Waals surface area (Å²) in [5, 5.41) is 0. The second-order valence-corrected chi connectivity index (χ2v) is 3.24. The molecule has 1 atom stereocenters. The van der Waals surface area contributed by atoms with Crippen molar-refractivity contribution >= 4 is 0 Å². The third-order valence-corrected chi connectivity index (χ3v) is 2.34. The van der Waals surface area contributed by atoms with Gasteiger partial charge in [0.05, 0.1) is 20.3 Å². The minimum atomic E-state index is -0.120. The Kier molecular flexibility index (Phi) is 4.65. The Labute approximate surface area is 95.7 Å². The number of benzene rings is 1. The van der Waals surface area contributed by atoms with Gasteiger partial charge < -0.3 is 9.47 Å². The highest BCUT2D eigenvalue weighted by Gasteiger charge is 2.14. The smallest absolute Gasteiger partial charge is 0.127 e. The number of nitrogens with one attached hydrogen (secondary N) is 1. The minimum absolute atomic E-state index is 0.120. The molecule has 86 valence electrons. The van der Waals surface area contributed by atoms with E-state index in [9.17, 15) is 0 Å². The molecule has 1 rings (SSSR count). The predicted molar refractivity (Wildman–Crippen MR) is 63.1 cm³/mol. The Balaban J connectivity index is 3.07. The molecule has 4 heteroatoms. The van der Waals surface area contributed by atoms with E-state index in [0.717, 1.165) is 11.3 Å². The van der Waals surface area contributed by atoms with E-state index >= 15 is 0 Å². The highest BCUT2D eigenvalue weighted by atomic mass is 16.5. The number of terminal acetylenes is 1. The van der Waals surface area contributed by atoms with E-state index in [2.05, 4.69) is 11.3 Å². The lowest BCUT2D eigenvalue weighted by atomic mass is 10.0. The van der Waals surface area contributed by atoms with Gasteiger partial charge in [-0.3, -0.25) is 11.3 Å². The summed E-state index contributed by atoms with van der Waals surface area (Å²) in [7, 11) is 3.20. The van der Waals surface area contributed by atoms with E-state index in [4.69, 9.17) is 21.7 Å². The van der Waals surface area contributed by atoms with E-state index in [0.29, 0.717) is 12.2 Å². The molecule has 0 aromatic heterocycles. The number of methoxy groups -OCH3 is 2. The van der Waals surface area contributed by atoms with E-state index in [1.807, 2.05) is 12.1 Å². The fraction of sp³-hybridized carbons (Fsp3) is 0.333. The summed E-state index contributed by atoms with van der Waals surface area (Å²) in [6, 6.07) is 5.42. The Morgan fingerprint density at radius 3 is 2.69 bits per heavy atom. The van der Waals surface area contributed by atoms with Crippen LogP contribution in [0.3, 0.4) is 0 Å². The van der Waals surface area contributed by atoms with E-state index in [1.165, 1.54) is 0 Å². The van der Waals surface area contributed by atoms with Gasteiger partial charge in [0.25, 0.3) is 0 Å². The molecule has 0 fully saturated rings. The van der Waals surface area contributed by atoms with Crippen molar-refractivity contribution in [2.24, 2.45) is 5.84 Å². The van der Waals surface area contributed by atoms with Gasteiger partial charge >= 0.3 is 0 Å². The van der Waals surface area contributed by atoms with Crippen LogP contribution in [0.2, 0.25) is 0 Å². The summed E-state index contributed by atoms with van der Waals surface area (Å²) in [5.41, 5.74) is 3.59. The molecule has 0 spiro atoms. The zero-order valence-electron chi connectivity index (χ0n) is 9.49. The largest absolute Gasteiger partial charge is 0.497 e. The number of hydrogen-bond acceptors (Lipinski definition) is 4. The summed E-state index contributed by atoms with van der Waals surface area (Å²) in [4.78, 5) is 0. The van der Waals surface area contributed by atoms with Gasteiger partial charge in [0.2, 0.25) is 0 Å². The average molecular weight is 220 g/mol. The molecule has 0 aliphatic carbocycles. The molecule has 0 bridgehead atoms. The molecule has 0 aliphatic heterocycles. The average Bonchev–Trinajstić information content (AvgIpc) is 2.35. The molecule has 1 aromatic rings. The molecule has 0 amide bonds. The van der Waals surface area contributed by atoms with Gasteiger partial charge in [0.15, 0.2) is 0 Å². The summed E-state index contributed by atoms with van der Waals surface area (Å²) < 4.78 is 10.4. The second kappa shape index (κ2) is 6.01. The van der Waals surface area contributed by atoms with Crippen LogP contribution in [0.25, 0.3) is 0 Å². The van der Waals surface area contributed by atoms with Crippen molar-refractivity contribution in [3.63, 3.8) is 0 Å². The van der Waals surface area contributed by atoms with Crippen LogP contribution in [-0.4, -0.2) is 14.2 Å². The normalized spacial score (nSPS) is 11.6. The first-order valence-electron chi connectivity index (χ1n) is 4.88. The molecule has 3 N–H and O–H groups in total. The Hall–Kier alpha value is -1.70. The maximum atomic E-state index is 5.45. The number of nitrogens with two attached hydrogens (primary N) is 1. The van der Waals surface area contributed by atoms with Gasteiger partial charge in [0.1, 0.15) is 11.5 Å². The summed E-state index contributed by atoms with van der Waals surface area (Å²) in [6.45, 7) is 0. The number of hydrogen-bond donors (Lipinski definition) is 2. The quantitative estimate of drug-likeness (QED) is 0.445. The monoisotopic (exact) mass is 220 g/mol. The van der Waals surface area contributed by atoms with Gasteiger partial charge in [-0.2, -0.15) is 0 Å². The lowest BCUT2D eigenvalue weighted by Crippen LogP contribution is -2.28.